The standard InChI is InChI=1S/C4H7O3Si/c1-3(7-8)2-4(5)6/h2H,1,8H3. The minimum atomic E-state index is -1.21. The SMILES string of the molecule is CC(=CC([O])=O)O[SiH3]. The predicted octanol–water partition coefficient (Wildman–Crippen LogP) is -0.856. The van der Waals surface area contributed by atoms with Crippen molar-refractivity contribution in [3.8, 4) is 0 Å². The molecule has 0 N–H and O–H groups in total. The number of hydrogen-bond donors (Lipinski definition) is 0. The van der Waals surface area contributed by atoms with Gasteiger partial charge in [0.15, 0.2) is 0 Å². The van der Waals surface area contributed by atoms with Gasteiger partial charge in [0.05, 0.1) is 11.8 Å². The van der Waals surface area contributed by atoms with Gasteiger partial charge in [-0.2, -0.15) is 0 Å². The van der Waals surface area contributed by atoms with E-state index in [1.807, 2.05) is 0 Å². The van der Waals surface area contributed by atoms with Crippen LogP contribution in [-0.4, -0.2) is 16.5 Å². The molecule has 1 radical (unpaired) electrons. The van der Waals surface area contributed by atoms with E-state index in [9.17, 15) is 9.90 Å². The Morgan fingerprint density at radius 1 is 1.75 bits per heavy atom. The van der Waals surface area contributed by atoms with Gasteiger partial charge in [-0.25, -0.2) is 9.90 Å². The maximum absolute atomic E-state index is 9.72. The molecule has 0 fully saturated rings. The summed E-state index contributed by atoms with van der Waals surface area (Å²) in [5.74, 6) is -0.810. The second-order valence-corrected chi connectivity index (χ2v) is 1.69. The van der Waals surface area contributed by atoms with Crippen LogP contribution in [0.3, 0.4) is 0 Å². The maximum Gasteiger partial charge on any atom is 0.382 e. The Labute approximate surface area is 50.5 Å². The first-order chi connectivity index (χ1) is 3.66. The molecule has 0 heterocycles. The Hall–Kier alpha value is -0.773. The fourth-order valence-electron chi connectivity index (χ4n) is 0.225. The molecule has 0 saturated heterocycles. The summed E-state index contributed by atoms with van der Waals surface area (Å²) < 4.78 is 4.64. The van der Waals surface area contributed by atoms with Crippen molar-refractivity contribution in [2.45, 2.75) is 6.92 Å². The van der Waals surface area contributed by atoms with Crippen LogP contribution in [0.4, 0.5) is 0 Å². The summed E-state index contributed by atoms with van der Waals surface area (Å²) in [5, 5.41) is 9.72. The zero-order valence-electron chi connectivity index (χ0n) is 4.80. The summed E-state index contributed by atoms with van der Waals surface area (Å²) in [6.07, 6.45) is 0.924. The van der Waals surface area contributed by atoms with Crippen LogP contribution in [0.15, 0.2) is 11.8 Å². The van der Waals surface area contributed by atoms with Crippen LogP contribution in [0.25, 0.3) is 0 Å². The van der Waals surface area contributed by atoms with Crippen molar-refractivity contribution in [1.82, 2.24) is 0 Å². The van der Waals surface area contributed by atoms with Crippen molar-refractivity contribution in [3.63, 3.8) is 0 Å². The molecule has 0 spiro atoms. The van der Waals surface area contributed by atoms with Gasteiger partial charge in [0.25, 0.3) is 0 Å². The normalized spacial score (nSPS) is 11.4. The molecule has 0 unspecified atom stereocenters. The lowest BCUT2D eigenvalue weighted by molar-refractivity contribution is -0.137. The molecule has 0 aromatic heterocycles. The minimum Gasteiger partial charge on any atom is -0.556 e. The summed E-state index contributed by atoms with van der Waals surface area (Å²) in [6, 6.07) is 0. The van der Waals surface area contributed by atoms with Crippen LogP contribution < -0.4 is 0 Å². The molecular formula is C4H7O3Si. The molecule has 0 aromatic carbocycles. The fourth-order valence-corrected chi connectivity index (χ4v) is 0.343. The zero-order chi connectivity index (χ0) is 6.57. The molecule has 3 nitrogen and oxygen atoms in total. The van der Waals surface area contributed by atoms with E-state index in [0.717, 1.165) is 6.08 Å². The largest absolute Gasteiger partial charge is 0.556 e. The second kappa shape index (κ2) is 3.26. The fraction of sp³-hybridized carbons (Fsp3) is 0.250. The first-order valence-corrected chi connectivity index (χ1v) is 2.91. The Bertz CT molecular complexity index is 118. The van der Waals surface area contributed by atoms with E-state index < -0.39 is 5.97 Å². The van der Waals surface area contributed by atoms with E-state index in [4.69, 9.17) is 0 Å². The molecule has 0 saturated carbocycles. The lowest BCUT2D eigenvalue weighted by atomic mass is 10.5. The van der Waals surface area contributed by atoms with Gasteiger partial charge < -0.3 is 4.43 Å². The molecule has 0 rings (SSSR count). The summed E-state index contributed by atoms with van der Waals surface area (Å²) in [6.45, 7) is 1.57. The average Bonchev–Trinajstić information content (AvgIpc) is 1.65. The Balaban J connectivity index is 3.75. The Morgan fingerprint density at radius 3 is 2.38 bits per heavy atom. The number of rotatable bonds is 2. The molecule has 0 amide bonds. The van der Waals surface area contributed by atoms with E-state index in [1.54, 1.807) is 6.92 Å². The van der Waals surface area contributed by atoms with Gasteiger partial charge in [-0.3, -0.25) is 0 Å². The second-order valence-electron chi connectivity index (χ2n) is 1.28. The van der Waals surface area contributed by atoms with E-state index >= 15 is 0 Å². The van der Waals surface area contributed by atoms with Crippen LogP contribution in [0.1, 0.15) is 6.92 Å². The van der Waals surface area contributed by atoms with Gasteiger partial charge in [-0.1, -0.05) is 0 Å². The average molecular weight is 131 g/mol. The van der Waals surface area contributed by atoms with E-state index in [0.29, 0.717) is 16.2 Å². The minimum absolute atomic E-state index is 0.400. The van der Waals surface area contributed by atoms with E-state index in [1.165, 1.54) is 0 Å². The summed E-state index contributed by atoms with van der Waals surface area (Å²) in [7, 11) is 0.519. The molecule has 0 bridgehead atoms. The van der Waals surface area contributed by atoms with Gasteiger partial charge in [0.1, 0.15) is 0 Å². The molecule has 0 aliphatic rings. The Kier molecular flexibility index (Phi) is 2.94. The van der Waals surface area contributed by atoms with Crippen molar-refractivity contribution in [2.24, 2.45) is 0 Å². The van der Waals surface area contributed by atoms with Crippen LogP contribution >= 0.6 is 0 Å². The molecular weight excluding hydrogens is 124 g/mol. The first kappa shape index (κ1) is 7.23. The van der Waals surface area contributed by atoms with E-state index in [2.05, 4.69) is 4.43 Å². The molecule has 8 heavy (non-hydrogen) atoms. The van der Waals surface area contributed by atoms with Crippen LogP contribution in [0.5, 0.6) is 0 Å². The number of hydrogen-bond acceptors (Lipinski definition) is 2. The Morgan fingerprint density at radius 2 is 2.25 bits per heavy atom. The highest BCUT2D eigenvalue weighted by molar-refractivity contribution is 5.99. The van der Waals surface area contributed by atoms with Crippen LogP contribution in [0.2, 0.25) is 0 Å². The molecule has 0 aliphatic heterocycles. The lowest BCUT2D eigenvalue weighted by Crippen LogP contribution is -1.89. The zero-order valence-corrected chi connectivity index (χ0v) is 6.80. The number of allylic oxidation sites excluding steroid dienone is 1. The van der Waals surface area contributed by atoms with Crippen molar-refractivity contribution in [1.29, 1.82) is 0 Å². The molecule has 4 heteroatoms. The highest BCUT2D eigenvalue weighted by Gasteiger charge is 1.91. The summed E-state index contributed by atoms with van der Waals surface area (Å²) in [5.41, 5.74) is 0. The third-order valence-electron chi connectivity index (χ3n) is 0.643. The van der Waals surface area contributed by atoms with Crippen molar-refractivity contribution in [3.05, 3.63) is 11.8 Å². The summed E-state index contributed by atoms with van der Waals surface area (Å²) >= 11 is 0. The van der Waals surface area contributed by atoms with Gasteiger partial charge >= 0.3 is 5.97 Å². The topological polar surface area (TPSA) is 46.2 Å². The third-order valence-corrected chi connectivity index (χ3v) is 1.29. The van der Waals surface area contributed by atoms with E-state index in [-0.39, 0.29) is 0 Å². The van der Waals surface area contributed by atoms with Gasteiger partial charge in [-0.05, 0) is 6.92 Å². The van der Waals surface area contributed by atoms with Crippen molar-refractivity contribution < 1.29 is 14.3 Å². The van der Waals surface area contributed by atoms with Crippen LogP contribution in [0, 0.1) is 0 Å². The monoisotopic (exact) mass is 131 g/mol. The lowest BCUT2D eigenvalue weighted by Gasteiger charge is -1.93. The highest BCUT2D eigenvalue weighted by atomic mass is 28.2. The molecule has 0 atom stereocenters. The van der Waals surface area contributed by atoms with Crippen molar-refractivity contribution >= 4 is 16.5 Å². The predicted molar refractivity (Wildman–Crippen MR) is 30.5 cm³/mol. The molecule has 45 valence electrons. The summed E-state index contributed by atoms with van der Waals surface area (Å²) in [4.78, 5) is 9.72. The third kappa shape index (κ3) is 3.42. The number of carbonyl (C=O) groups excluding carboxylic acids is 1. The van der Waals surface area contributed by atoms with Gasteiger partial charge in [0, 0.05) is 0 Å². The molecule has 0 aromatic rings. The first-order valence-electron chi connectivity index (χ1n) is 2.10. The number of carbonyl (C=O) groups is 1. The van der Waals surface area contributed by atoms with Gasteiger partial charge in [0.2, 0.25) is 10.5 Å². The smallest absolute Gasteiger partial charge is 0.382 e. The highest BCUT2D eigenvalue weighted by Crippen LogP contribution is 1.89. The van der Waals surface area contributed by atoms with Gasteiger partial charge in [-0.15, -0.1) is 0 Å². The maximum atomic E-state index is 9.72. The molecule has 0 aliphatic carbocycles. The van der Waals surface area contributed by atoms with Crippen LogP contribution in [-0.2, 0) is 14.3 Å². The van der Waals surface area contributed by atoms with Crippen molar-refractivity contribution in [2.75, 3.05) is 0 Å². The quantitative estimate of drug-likeness (QED) is 0.278.